The van der Waals surface area contributed by atoms with E-state index in [1.807, 2.05) is 0 Å². The van der Waals surface area contributed by atoms with Gasteiger partial charge in [-0.2, -0.15) is 0 Å². The van der Waals surface area contributed by atoms with Crippen molar-refractivity contribution in [1.29, 1.82) is 0 Å². The first-order chi connectivity index (χ1) is 7.20. The molecule has 1 aromatic carbocycles. The van der Waals surface area contributed by atoms with Crippen LogP contribution >= 0.6 is 11.6 Å². The summed E-state index contributed by atoms with van der Waals surface area (Å²) in [6.07, 6.45) is 0.331. The summed E-state index contributed by atoms with van der Waals surface area (Å²) in [5.74, 6) is 0.470. The molecule has 4 nitrogen and oxygen atoms in total. The second-order valence-electron chi connectivity index (χ2n) is 3.15. The fourth-order valence-electron chi connectivity index (χ4n) is 1.39. The van der Waals surface area contributed by atoms with Crippen molar-refractivity contribution in [3.8, 4) is 0 Å². The monoisotopic (exact) mass is 224 g/mol. The minimum Gasteiger partial charge on any atom is -0.396 e. The summed E-state index contributed by atoms with van der Waals surface area (Å²) >= 11 is 5.80. The van der Waals surface area contributed by atoms with Crippen LogP contribution < -0.4 is 5.56 Å². The van der Waals surface area contributed by atoms with Gasteiger partial charge < -0.3 is 10.1 Å². The summed E-state index contributed by atoms with van der Waals surface area (Å²) in [5, 5.41) is 9.79. The highest BCUT2D eigenvalue weighted by Crippen LogP contribution is 2.14. The first-order valence-corrected chi connectivity index (χ1v) is 4.88. The number of hydrogen-bond acceptors (Lipinski definition) is 3. The Morgan fingerprint density at radius 3 is 3.00 bits per heavy atom. The minimum absolute atomic E-state index is 0.0466. The van der Waals surface area contributed by atoms with Crippen molar-refractivity contribution in [2.75, 3.05) is 6.61 Å². The number of halogens is 1. The Bertz CT molecular complexity index is 551. The number of nitrogens with one attached hydrogen (secondary N) is 1. The maximum atomic E-state index is 11.6. The molecular formula is C10H9ClN2O2. The molecule has 0 spiro atoms. The molecule has 0 fully saturated rings. The fraction of sp³-hybridized carbons (Fsp3) is 0.200. The average molecular weight is 225 g/mol. The number of nitrogens with zero attached hydrogens (tertiary/aromatic N) is 1. The zero-order chi connectivity index (χ0) is 10.8. The standard InChI is InChI=1S/C10H9ClN2O2/c11-6-1-2-7-8(5-6)12-9(3-4-14)13-10(7)15/h1-2,5,14H,3-4H2,(H,12,13,15). The molecule has 0 radical (unpaired) electrons. The van der Waals surface area contributed by atoms with Crippen LogP contribution in [0.5, 0.6) is 0 Å². The van der Waals surface area contributed by atoms with Gasteiger partial charge in [0.05, 0.1) is 17.5 Å². The Balaban J connectivity index is 2.68. The molecule has 0 aliphatic heterocycles. The van der Waals surface area contributed by atoms with Gasteiger partial charge in [-0.3, -0.25) is 4.79 Å². The van der Waals surface area contributed by atoms with Crippen molar-refractivity contribution in [2.24, 2.45) is 0 Å². The second-order valence-corrected chi connectivity index (χ2v) is 3.58. The first kappa shape index (κ1) is 10.1. The second kappa shape index (κ2) is 4.00. The van der Waals surface area contributed by atoms with E-state index < -0.39 is 0 Å². The summed E-state index contributed by atoms with van der Waals surface area (Å²) in [5.41, 5.74) is 0.342. The lowest BCUT2D eigenvalue weighted by Gasteiger charge is -2.01. The van der Waals surface area contributed by atoms with Crippen molar-refractivity contribution in [1.82, 2.24) is 9.97 Å². The van der Waals surface area contributed by atoms with Gasteiger partial charge >= 0.3 is 0 Å². The molecule has 5 heteroatoms. The Morgan fingerprint density at radius 2 is 2.27 bits per heavy atom. The van der Waals surface area contributed by atoms with E-state index in [1.165, 1.54) is 0 Å². The number of hydrogen-bond donors (Lipinski definition) is 2. The molecular weight excluding hydrogens is 216 g/mol. The molecule has 0 aliphatic rings. The molecule has 2 rings (SSSR count). The molecule has 0 atom stereocenters. The van der Waals surface area contributed by atoms with Gasteiger partial charge in [0.15, 0.2) is 0 Å². The summed E-state index contributed by atoms with van der Waals surface area (Å²) in [7, 11) is 0. The molecule has 0 unspecified atom stereocenters. The van der Waals surface area contributed by atoms with Crippen LogP contribution in [0.2, 0.25) is 5.02 Å². The summed E-state index contributed by atoms with van der Waals surface area (Å²) in [4.78, 5) is 18.4. The van der Waals surface area contributed by atoms with Crippen LogP contribution in [-0.2, 0) is 6.42 Å². The quantitative estimate of drug-likeness (QED) is 0.803. The van der Waals surface area contributed by atoms with Gasteiger partial charge in [-0.1, -0.05) is 11.6 Å². The normalized spacial score (nSPS) is 10.8. The van der Waals surface area contributed by atoms with E-state index in [2.05, 4.69) is 9.97 Å². The smallest absolute Gasteiger partial charge is 0.258 e. The van der Waals surface area contributed by atoms with E-state index in [9.17, 15) is 4.79 Å². The van der Waals surface area contributed by atoms with Crippen LogP contribution in [0.25, 0.3) is 10.9 Å². The molecule has 1 heterocycles. The lowest BCUT2D eigenvalue weighted by Crippen LogP contribution is -2.12. The zero-order valence-electron chi connectivity index (χ0n) is 7.83. The summed E-state index contributed by atoms with van der Waals surface area (Å²) < 4.78 is 0. The van der Waals surface area contributed by atoms with Crippen molar-refractivity contribution >= 4 is 22.5 Å². The maximum Gasteiger partial charge on any atom is 0.258 e. The molecule has 0 amide bonds. The number of aliphatic hydroxyl groups is 1. The van der Waals surface area contributed by atoms with E-state index in [1.54, 1.807) is 18.2 Å². The molecule has 0 saturated heterocycles. The van der Waals surface area contributed by atoms with E-state index in [0.717, 1.165) is 0 Å². The van der Waals surface area contributed by atoms with Gasteiger partial charge in [-0.15, -0.1) is 0 Å². The average Bonchev–Trinajstić information content (AvgIpc) is 2.17. The third kappa shape index (κ3) is 2.00. The van der Waals surface area contributed by atoms with Crippen LogP contribution in [0, 0.1) is 0 Å². The number of aromatic amines is 1. The van der Waals surface area contributed by atoms with Gasteiger partial charge in [0.2, 0.25) is 0 Å². The van der Waals surface area contributed by atoms with Crippen LogP contribution in [0.1, 0.15) is 5.82 Å². The Morgan fingerprint density at radius 1 is 1.47 bits per heavy atom. The van der Waals surface area contributed by atoms with E-state index >= 15 is 0 Å². The first-order valence-electron chi connectivity index (χ1n) is 4.50. The van der Waals surface area contributed by atoms with E-state index in [4.69, 9.17) is 16.7 Å². The van der Waals surface area contributed by atoms with Crippen molar-refractivity contribution < 1.29 is 5.11 Å². The SMILES string of the molecule is O=c1[nH]c(CCO)nc2cc(Cl)ccc12. The molecule has 1 aromatic heterocycles. The largest absolute Gasteiger partial charge is 0.396 e. The van der Waals surface area contributed by atoms with Gasteiger partial charge in [-0.25, -0.2) is 4.98 Å². The molecule has 0 aliphatic carbocycles. The zero-order valence-corrected chi connectivity index (χ0v) is 8.58. The molecule has 0 bridgehead atoms. The number of rotatable bonds is 2. The number of fused-ring (bicyclic) bond motifs is 1. The summed E-state index contributed by atoms with van der Waals surface area (Å²) in [6.45, 7) is -0.0466. The predicted octanol–water partition coefficient (Wildman–Crippen LogP) is 1.11. The number of aromatic nitrogens is 2. The van der Waals surface area contributed by atoms with Crippen molar-refractivity contribution in [3.05, 3.63) is 39.4 Å². The fourth-order valence-corrected chi connectivity index (χ4v) is 1.55. The highest BCUT2D eigenvalue weighted by atomic mass is 35.5. The van der Waals surface area contributed by atoms with Crippen molar-refractivity contribution in [2.45, 2.75) is 6.42 Å². The van der Waals surface area contributed by atoms with Crippen LogP contribution in [0.15, 0.2) is 23.0 Å². The third-order valence-electron chi connectivity index (χ3n) is 2.07. The van der Waals surface area contributed by atoms with Crippen LogP contribution in [-0.4, -0.2) is 21.7 Å². The molecule has 15 heavy (non-hydrogen) atoms. The van der Waals surface area contributed by atoms with E-state index in [0.29, 0.717) is 28.2 Å². The lowest BCUT2D eigenvalue weighted by atomic mass is 10.2. The lowest BCUT2D eigenvalue weighted by molar-refractivity contribution is 0.296. The molecule has 78 valence electrons. The highest BCUT2D eigenvalue weighted by Gasteiger charge is 2.03. The van der Waals surface area contributed by atoms with Gasteiger partial charge in [0.1, 0.15) is 5.82 Å². The third-order valence-corrected chi connectivity index (χ3v) is 2.30. The molecule has 2 N–H and O–H groups in total. The Hall–Kier alpha value is -1.39. The molecule has 2 aromatic rings. The van der Waals surface area contributed by atoms with Gasteiger partial charge in [0.25, 0.3) is 5.56 Å². The topological polar surface area (TPSA) is 66.0 Å². The predicted molar refractivity (Wildman–Crippen MR) is 58.2 cm³/mol. The Kier molecular flexibility index (Phi) is 2.70. The molecule has 0 saturated carbocycles. The number of benzene rings is 1. The van der Waals surface area contributed by atoms with Crippen LogP contribution in [0.4, 0.5) is 0 Å². The number of H-pyrrole nitrogens is 1. The highest BCUT2D eigenvalue weighted by molar-refractivity contribution is 6.31. The minimum atomic E-state index is -0.208. The Labute approximate surface area is 90.5 Å². The van der Waals surface area contributed by atoms with Crippen LogP contribution in [0.3, 0.4) is 0 Å². The van der Waals surface area contributed by atoms with Crippen molar-refractivity contribution in [3.63, 3.8) is 0 Å². The van der Waals surface area contributed by atoms with Gasteiger partial charge in [-0.05, 0) is 18.2 Å². The van der Waals surface area contributed by atoms with E-state index in [-0.39, 0.29) is 12.2 Å². The number of aliphatic hydroxyl groups excluding tert-OH is 1. The maximum absolute atomic E-state index is 11.6. The van der Waals surface area contributed by atoms with Gasteiger partial charge in [0, 0.05) is 11.4 Å². The summed E-state index contributed by atoms with van der Waals surface area (Å²) in [6, 6.07) is 4.91.